The number of carbonyl (C=O) groups is 2. The fraction of sp³-hybridized carbons (Fsp3) is 0.500. The monoisotopic (exact) mass is 309 g/mol. The minimum absolute atomic E-state index is 0.197. The lowest BCUT2D eigenvalue weighted by atomic mass is 9.92. The van der Waals surface area contributed by atoms with E-state index in [-0.39, 0.29) is 25.5 Å². The highest BCUT2D eigenvalue weighted by Crippen LogP contribution is 2.13. The Balaban J connectivity index is 2.19. The molecule has 0 unspecified atom stereocenters. The molecule has 22 heavy (non-hydrogen) atoms. The van der Waals surface area contributed by atoms with E-state index >= 15 is 0 Å². The number of hydrogen-bond donors (Lipinski definition) is 3. The van der Waals surface area contributed by atoms with Gasteiger partial charge >= 0.3 is 5.97 Å². The van der Waals surface area contributed by atoms with Crippen LogP contribution in [0.2, 0.25) is 0 Å². The molecule has 0 spiro atoms. The lowest BCUT2D eigenvalue weighted by Crippen LogP contribution is -2.44. The molecule has 0 heterocycles. The molecule has 0 atom stereocenters. The van der Waals surface area contributed by atoms with Gasteiger partial charge in [0, 0.05) is 13.0 Å². The molecule has 6 heteroatoms. The van der Waals surface area contributed by atoms with Gasteiger partial charge in [-0.1, -0.05) is 30.3 Å². The van der Waals surface area contributed by atoms with Gasteiger partial charge in [0.05, 0.1) is 18.6 Å². The van der Waals surface area contributed by atoms with Crippen LogP contribution in [0.15, 0.2) is 30.3 Å². The van der Waals surface area contributed by atoms with Gasteiger partial charge in [-0.15, -0.1) is 0 Å². The highest BCUT2D eigenvalue weighted by molar-refractivity contribution is 5.82. The number of carbonyl (C=O) groups excluding carboxylic acids is 2. The van der Waals surface area contributed by atoms with E-state index in [9.17, 15) is 9.59 Å². The normalized spacial score (nSPS) is 11.0. The zero-order valence-corrected chi connectivity index (χ0v) is 12.7. The average molecular weight is 309 g/mol. The van der Waals surface area contributed by atoms with Gasteiger partial charge in [-0.25, -0.2) is 0 Å². The standard InChI is InChI=1S/C16H23NO5/c1-16(11-18,12-19)15(21)17-9-5-8-14(20)22-10-13-6-3-2-4-7-13/h2-4,6-7,18-19H,5,8-12H2,1H3,(H,17,21). The van der Waals surface area contributed by atoms with Crippen molar-refractivity contribution in [1.82, 2.24) is 5.32 Å². The Hall–Kier alpha value is -1.92. The van der Waals surface area contributed by atoms with E-state index < -0.39 is 24.5 Å². The first kappa shape index (κ1) is 18.1. The van der Waals surface area contributed by atoms with E-state index in [1.54, 1.807) is 0 Å². The number of amides is 1. The maximum Gasteiger partial charge on any atom is 0.306 e. The van der Waals surface area contributed by atoms with Gasteiger partial charge < -0.3 is 20.3 Å². The van der Waals surface area contributed by atoms with E-state index in [0.29, 0.717) is 6.42 Å². The molecule has 122 valence electrons. The number of nitrogens with one attached hydrogen (secondary N) is 1. The first-order valence-corrected chi connectivity index (χ1v) is 7.21. The Kier molecular flexibility index (Phi) is 7.56. The number of aliphatic hydroxyl groups is 2. The van der Waals surface area contributed by atoms with Crippen molar-refractivity contribution in [3.63, 3.8) is 0 Å². The number of hydrogen-bond acceptors (Lipinski definition) is 5. The molecule has 1 aromatic carbocycles. The van der Waals surface area contributed by atoms with Crippen LogP contribution in [0, 0.1) is 5.41 Å². The van der Waals surface area contributed by atoms with Crippen molar-refractivity contribution < 1.29 is 24.5 Å². The van der Waals surface area contributed by atoms with E-state index in [1.807, 2.05) is 30.3 Å². The maximum atomic E-state index is 11.7. The van der Waals surface area contributed by atoms with E-state index in [4.69, 9.17) is 14.9 Å². The van der Waals surface area contributed by atoms with Crippen molar-refractivity contribution in [3.05, 3.63) is 35.9 Å². The molecular weight excluding hydrogens is 286 g/mol. The third-order valence-corrected chi connectivity index (χ3v) is 3.33. The van der Waals surface area contributed by atoms with Crippen LogP contribution in [-0.2, 0) is 20.9 Å². The smallest absolute Gasteiger partial charge is 0.306 e. The largest absolute Gasteiger partial charge is 0.461 e. The van der Waals surface area contributed by atoms with Crippen molar-refractivity contribution in [2.75, 3.05) is 19.8 Å². The quantitative estimate of drug-likeness (QED) is 0.459. The topological polar surface area (TPSA) is 95.9 Å². The third-order valence-electron chi connectivity index (χ3n) is 3.33. The molecule has 0 saturated heterocycles. The Labute approximate surface area is 130 Å². The zero-order chi connectivity index (χ0) is 16.4. The summed E-state index contributed by atoms with van der Waals surface area (Å²) in [4.78, 5) is 23.3. The number of esters is 1. The summed E-state index contributed by atoms with van der Waals surface area (Å²) in [6.45, 7) is 1.12. The fourth-order valence-electron chi connectivity index (χ4n) is 1.65. The van der Waals surface area contributed by atoms with Crippen LogP contribution in [0.3, 0.4) is 0 Å². The second-order valence-electron chi connectivity index (χ2n) is 5.38. The van der Waals surface area contributed by atoms with Gasteiger partial charge in [0.1, 0.15) is 6.61 Å². The van der Waals surface area contributed by atoms with Gasteiger partial charge in [-0.2, -0.15) is 0 Å². The van der Waals surface area contributed by atoms with Gasteiger partial charge in [0.25, 0.3) is 0 Å². The van der Waals surface area contributed by atoms with Gasteiger partial charge in [-0.3, -0.25) is 9.59 Å². The molecule has 0 bridgehead atoms. The summed E-state index contributed by atoms with van der Waals surface area (Å²) >= 11 is 0. The molecule has 0 aliphatic heterocycles. The molecule has 3 N–H and O–H groups in total. The van der Waals surface area contributed by atoms with Crippen LogP contribution in [0.25, 0.3) is 0 Å². The first-order chi connectivity index (χ1) is 10.5. The number of aliphatic hydroxyl groups excluding tert-OH is 2. The Morgan fingerprint density at radius 2 is 1.82 bits per heavy atom. The summed E-state index contributed by atoms with van der Waals surface area (Å²) in [5.41, 5.74) is -0.279. The molecule has 0 fully saturated rings. The van der Waals surface area contributed by atoms with E-state index in [0.717, 1.165) is 5.56 Å². The summed E-state index contributed by atoms with van der Waals surface area (Å²) < 4.78 is 5.11. The molecule has 0 aliphatic rings. The minimum atomic E-state index is -1.20. The SMILES string of the molecule is CC(CO)(CO)C(=O)NCCCC(=O)OCc1ccccc1. The van der Waals surface area contributed by atoms with Gasteiger partial charge in [-0.05, 0) is 18.9 Å². The molecular formula is C16H23NO5. The summed E-state index contributed by atoms with van der Waals surface area (Å²) in [6, 6.07) is 9.38. The highest BCUT2D eigenvalue weighted by atomic mass is 16.5. The van der Waals surface area contributed by atoms with Gasteiger partial charge in [0.15, 0.2) is 0 Å². The third kappa shape index (κ3) is 5.83. The minimum Gasteiger partial charge on any atom is -0.461 e. The molecule has 1 amide bonds. The molecule has 0 aromatic heterocycles. The number of rotatable bonds is 9. The van der Waals surface area contributed by atoms with Crippen LogP contribution in [0.4, 0.5) is 0 Å². The molecule has 0 radical (unpaired) electrons. The Morgan fingerprint density at radius 3 is 2.41 bits per heavy atom. The van der Waals surface area contributed by atoms with E-state index in [1.165, 1.54) is 6.92 Å². The molecule has 1 rings (SSSR count). The van der Waals surface area contributed by atoms with Crippen LogP contribution in [0.1, 0.15) is 25.3 Å². The second-order valence-corrected chi connectivity index (χ2v) is 5.38. The predicted octanol–water partition coefficient (Wildman–Crippen LogP) is 0.617. The molecule has 6 nitrogen and oxygen atoms in total. The van der Waals surface area contributed by atoms with Crippen LogP contribution >= 0.6 is 0 Å². The maximum absolute atomic E-state index is 11.7. The van der Waals surface area contributed by atoms with Gasteiger partial charge in [0.2, 0.25) is 5.91 Å². The second kappa shape index (κ2) is 9.17. The lowest BCUT2D eigenvalue weighted by Gasteiger charge is -2.23. The molecule has 0 saturated carbocycles. The van der Waals surface area contributed by atoms with Crippen molar-refractivity contribution in [2.45, 2.75) is 26.4 Å². The summed E-state index contributed by atoms with van der Waals surface area (Å²) in [5, 5.41) is 20.8. The Bertz CT molecular complexity index is 471. The lowest BCUT2D eigenvalue weighted by molar-refractivity contribution is -0.145. The van der Waals surface area contributed by atoms with Crippen molar-refractivity contribution in [2.24, 2.45) is 5.41 Å². The molecule has 0 aliphatic carbocycles. The van der Waals surface area contributed by atoms with Crippen molar-refractivity contribution >= 4 is 11.9 Å². The zero-order valence-electron chi connectivity index (χ0n) is 12.7. The fourth-order valence-corrected chi connectivity index (χ4v) is 1.65. The first-order valence-electron chi connectivity index (χ1n) is 7.21. The highest BCUT2D eigenvalue weighted by Gasteiger charge is 2.31. The summed E-state index contributed by atoms with van der Waals surface area (Å²) in [7, 11) is 0. The molecule has 1 aromatic rings. The summed E-state index contributed by atoms with van der Waals surface area (Å²) in [5.74, 6) is -0.764. The average Bonchev–Trinajstić information content (AvgIpc) is 2.56. The van der Waals surface area contributed by atoms with Crippen molar-refractivity contribution in [1.29, 1.82) is 0 Å². The summed E-state index contributed by atoms with van der Waals surface area (Å²) in [6.07, 6.45) is 0.633. The van der Waals surface area contributed by atoms with Crippen LogP contribution in [-0.4, -0.2) is 41.8 Å². The predicted molar refractivity (Wildman–Crippen MR) is 80.8 cm³/mol. The number of ether oxygens (including phenoxy) is 1. The Morgan fingerprint density at radius 1 is 1.18 bits per heavy atom. The van der Waals surface area contributed by atoms with Crippen molar-refractivity contribution in [3.8, 4) is 0 Å². The van der Waals surface area contributed by atoms with Crippen LogP contribution < -0.4 is 5.32 Å². The van der Waals surface area contributed by atoms with E-state index in [2.05, 4.69) is 5.32 Å². The number of benzene rings is 1. The van der Waals surface area contributed by atoms with Crippen LogP contribution in [0.5, 0.6) is 0 Å².